The quantitative estimate of drug-likeness (QED) is 0.392. The molecule has 0 heterocycles. The molecule has 2 aromatic carbocycles. The smallest absolute Gasteiger partial charge is 0.338 e. The van der Waals surface area contributed by atoms with Crippen LogP contribution in [0.25, 0.3) is 0 Å². The van der Waals surface area contributed by atoms with Gasteiger partial charge in [0.25, 0.3) is 11.6 Å². The normalized spacial score (nSPS) is 10.4. The standard InChI is InChI=1S/C21H24N2O5/c1-4-11-22(13-17-7-5-15(2)6-8-17)20(24)14-28-21(25)18-9-10-19(23(26)27)16(3)12-18/h5-10,12H,4,11,13-14H2,1-3H3. The molecule has 2 aromatic rings. The van der Waals surface area contributed by atoms with Crippen LogP contribution in [-0.4, -0.2) is 34.9 Å². The van der Waals surface area contributed by atoms with Crippen molar-refractivity contribution in [2.45, 2.75) is 33.7 Å². The van der Waals surface area contributed by atoms with E-state index < -0.39 is 10.9 Å². The van der Waals surface area contributed by atoms with E-state index in [0.29, 0.717) is 18.7 Å². The van der Waals surface area contributed by atoms with Crippen LogP contribution in [-0.2, 0) is 16.1 Å². The highest BCUT2D eigenvalue weighted by Gasteiger charge is 2.18. The number of carbonyl (C=O) groups is 2. The monoisotopic (exact) mass is 384 g/mol. The SMILES string of the molecule is CCCN(Cc1ccc(C)cc1)C(=O)COC(=O)c1ccc([N+](=O)[O-])c(C)c1. The number of hydrogen-bond donors (Lipinski definition) is 0. The van der Waals surface area contributed by atoms with E-state index in [1.165, 1.54) is 18.2 Å². The average molecular weight is 384 g/mol. The Kier molecular flexibility index (Phi) is 7.26. The molecule has 1 amide bonds. The lowest BCUT2D eigenvalue weighted by Crippen LogP contribution is -2.34. The van der Waals surface area contributed by atoms with Gasteiger partial charge in [-0.05, 0) is 38.0 Å². The van der Waals surface area contributed by atoms with Gasteiger partial charge >= 0.3 is 5.97 Å². The second-order valence-corrected chi connectivity index (χ2v) is 6.64. The molecule has 7 heteroatoms. The van der Waals surface area contributed by atoms with Gasteiger partial charge in [0.1, 0.15) is 0 Å². The first kappa shape index (κ1) is 21.1. The summed E-state index contributed by atoms with van der Waals surface area (Å²) >= 11 is 0. The summed E-state index contributed by atoms with van der Waals surface area (Å²) in [5.74, 6) is -0.965. The molecule has 0 saturated heterocycles. The Morgan fingerprint density at radius 2 is 1.79 bits per heavy atom. The van der Waals surface area contributed by atoms with Crippen molar-refractivity contribution in [3.8, 4) is 0 Å². The van der Waals surface area contributed by atoms with E-state index >= 15 is 0 Å². The lowest BCUT2D eigenvalue weighted by Gasteiger charge is -2.22. The summed E-state index contributed by atoms with van der Waals surface area (Å²) in [5, 5.41) is 10.9. The Morgan fingerprint density at radius 3 is 2.36 bits per heavy atom. The topological polar surface area (TPSA) is 89.8 Å². The largest absolute Gasteiger partial charge is 0.452 e. The summed E-state index contributed by atoms with van der Waals surface area (Å²) in [7, 11) is 0. The summed E-state index contributed by atoms with van der Waals surface area (Å²) in [6.07, 6.45) is 0.785. The van der Waals surface area contributed by atoms with Crippen molar-refractivity contribution in [3.63, 3.8) is 0 Å². The molecule has 28 heavy (non-hydrogen) atoms. The number of benzene rings is 2. The Hall–Kier alpha value is -3.22. The molecule has 0 spiro atoms. The maximum atomic E-state index is 12.5. The van der Waals surface area contributed by atoms with E-state index in [4.69, 9.17) is 4.74 Å². The number of rotatable bonds is 8. The van der Waals surface area contributed by atoms with Gasteiger partial charge in [-0.3, -0.25) is 14.9 Å². The van der Waals surface area contributed by atoms with Gasteiger partial charge in [0, 0.05) is 24.7 Å². The third-order valence-electron chi connectivity index (χ3n) is 4.30. The predicted octanol–water partition coefficient (Wildman–Crippen LogP) is 3.81. The summed E-state index contributed by atoms with van der Waals surface area (Å²) < 4.78 is 5.13. The zero-order valence-electron chi connectivity index (χ0n) is 16.3. The van der Waals surface area contributed by atoms with Crippen LogP contribution >= 0.6 is 0 Å². The van der Waals surface area contributed by atoms with Crippen molar-refractivity contribution in [2.24, 2.45) is 0 Å². The average Bonchev–Trinajstić information content (AvgIpc) is 2.66. The van der Waals surface area contributed by atoms with Crippen LogP contribution in [0.15, 0.2) is 42.5 Å². The molecule has 2 rings (SSSR count). The first-order valence-electron chi connectivity index (χ1n) is 9.07. The molecule has 0 N–H and O–H groups in total. The van der Waals surface area contributed by atoms with Crippen LogP contribution in [0, 0.1) is 24.0 Å². The molecule has 0 fully saturated rings. The highest BCUT2D eigenvalue weighted by atomic mass is 16.6. The first-order chi connectivity index (χ1) is 13.3. The fraction of sp³-hybridized carbons (Fsp3) is 0.333. The van der Waals surface area contributed by atoms with Crippen molar-refractivity contribution in [3.05, 3.63) is 74.8 Å². The Labute approximate surface area is 164 Å². The number of nitrogens with zero attached hydrogens (tertiary/aromatic N) is 2. The Balaban J connectivity index is 1.99. The summed E-state index contributed by atoms with van der Waals surface area (Å²) in [5.41, 5.74) is 2.61. The maximum Gasteiger partial charge on any atom is 0.338 e. The van der Waals surface area contributed by atoms with Gasteiger partial charge in [-0.25, -0.2) is 4.79 Å². The number of hydrogen-bond acceptors (Lipinski definition) is 5. The third-order valence-corrected chi connectivity index (χ3v) is 4.30. The van der Waals surface area contributed by atoms with E-state index in [9.17, 15) is 19.7 Å². The van der Waals surface area contributed by atoms with Crippen molar-refractivity contribution in [2.75, 3.05) is 13.2 Å². The minimum absolute atomic E-state index is 0.0696. The number of carbonyl (C=O) groups excluding carboxylic acids is 2. The van der Waals surface area contributed by atoms with Gasteiger partial charge in [-0.1, -0.05) is 36.8 Å². The molecule has 0 saturated carbocycles. The van der Waals surface area contributed by atoms with Crippen LogP contribution in [0.2, 0.25) is 0 Å². The molecule has 0 aliphatic heterocycles. The van der Waals surface area contributed by atoms with Crippen molar-refractivity contribution >= 4 is 17.6 Å². The molecule has 0 atom stereocenters. The van der Waals surface area contributed by atoms with E-state index in [0.717, 1.165) is 17.5 Å². The van der Waals surface area contributed by atoms with Crippen LogP contribution in [0.5, 0.6) is 0 Å². The second kappa shape index (κ2) is 9.64. The van der Waals surface area contributed by atoms with Gasteiger partial charge in [0.15, 0.2) is 6.61 Å². The number of esters is 1. The van der Waals surface area contributed by atoms with Crippen LogP contribution in [0.3, 0.4) is 0 Å². The van der Waals surface area contributed by atoms with Crippen molar-refractivity contribution in [1.29, 1.82) is 0 Å². The lowest BCUT2D eigenvalue weighted by molar-refractivity contribution is -0.385. The summed E-state index contributed by atoms with van der Waals surface area (Å²) in [6.45, 7) is 6.15. The second-order valence-electron chi connectivity index (χ2n) is 6.64. The molecule has 0 aliphatic carbocycles. The number of aryl methyl sites for hydroxylation is 2. The van der Waals surface area contributed by atoms with Gasteiger partial charge < -0.3 is 9.64 Å². The Bertz CT molecular complexity index is 862. The van der Waals surface area contributed by atoms with Crippen LogP contribution in [0.1, 0.15) is 40.4 Å². The number of nitro groups is 1. The first-order valence-corrected chi connectivity index (χ1v) is 9.07. The molecule has 7 nitrogen and oxygen atoms in total. The van der Waals surface area contributed by atoms with Crippen molar-refractivity contribution in [1.82, 2.24) is 4.90 Å². The minimum Gasteiger partial charge on any atom is -0.452 e. The summed E-state index contributed by atoms with van der Waals surface area (Å²) in [4.78, 5) is 36.7. The zero-order valence-corrected chi connectivity index (χ0v) is 16.3. The van der Waals surface area contributed by atoms with E-state index in [1.54, 1.807) is 11.8 Å². The van der Waals surface area contributed by atoms with Crippen LogP contribution < -0.4 is 0 Å². The molecule has 0 bridgehead atoms. The summed E-state index contributed by atoms with van der Waals surface area (Å²) in [6, 6.07) is 11.9. The molecule has 0 unspecified atom stereocenters. The minimum atomic E-state index is -0.682. The predicted molar refractivity (Wildman–Crippen MR) is 105 cm³/mol. The zero-order chi connectivity index (χ0) is 20.7. The highest BCUT2D eigenvalue weighted by Crippen LogP contribution is 2.19. The van der Waals surface area contributed by atoms with Gasteiger partial charge in [0.05, 0.1) is 10.5 Å². The van der Waals surface area contributed by atoms with E-state index in [1.807, 2.05) is 38.1 Å². The van der Waals surface area contributed by atoms with Crippen molar-refractivity contribution < 1.29 is 19.2 Å². The van der Waals surface area contributed by atoms with Gasteiger partial charge in [0.2, 0.25) is 0 Å². The van der Waals surface area contributed by atoms with Gasteiger partial charge in [-0.2, -0.15) is 0 Å². The number of amides is 1. The van der Waals surface area contributed by atoms with E-state index in [2.05, 4.69) is 0 Å². The number of ether oxygens (including phenoxy) is 1. The van der Waals surface area contributed by atoms with Gasteiger partial charge in [-0.15, -0.1) is 0 Å². The third kappa shape index (κ3) is 5.64. The maximum absolute atomic E-state index is 12.5. The molecular formula is C21H24N2O5. The molecular weight excluding hydrogens is 360 g/mol. The fourth-order valence-electron chi connectivity index (χ4n) is 2.76. The Morgan fingerprint density at radius 1 is 1.11 bits per heavy atom. The highest BCUT2D eigenvalue weighted by molar-refractivity contribution is 5.91. The molecule has 148 valence electrons. The van der Waals surface area contributed by atoms with E-state index in [-0.39, 0.29) is 23.8 Å². The fourth-order valence-corrected chi connectivity index (χ4v) is 2.76. The molecule has 0 aromatic heterocycles. The number of nitro benzene ring substituents is 1. The molecule has 0 radical (unpaired) electrons. The van der Waals surface area contributed by atoms with Crippen LogP contribution in [0.4, 0.5) is 5.69 Å². The lowest BCUT2D eigenvalue weighted by atomic mass is 10.1. The molecule has 0 aliphatic rings.